The van der Waals surface area contributed by atoms with Crippen molar-refractivity contribution < 1.29 is 9.00 Å². The first-order valence-electron chi connectivity index (χ1n) is 9.10. The van der Waals surface area contributed by atoms with Crippen LogP contribution in [-0.2, 0) is 21.0 Å². The second-order valence-corrected chi connectivity index (χ2v) is 9.56. The Morgan fingerprint density at radius 3 is 2.04 bits per heavy atom. The second-order valence-electron chi connectivity index (χ2n) is 7.93. The van der Waals surface area contributed by atoms with Crippen molar-refractivity contribution in [3.8, 4) is 0 Å². The predicted molar refractivity (Wildman–Crippen MR) is 101 cm³/mol. The van der Waals surface area contributed by atoms with E-state index in [1.807, 2.05) is 48.5 Å². The quantitative estimate of drug-likeness (QED) is 0.805. The van der Waals surface area contributed by atoms with Gasteiger partial charge in [-0.3, -0.25) is 9.00 Å². The SMILES string of the molecule is CC12CCC(c3ccccc3)(CC1)C(=O)C(S(=O)c1ccccc1)C2. The van der Waals surface area contributed by atoms with E-state index in [0.29, 0.717) is 0 Å². The van der Waals surface area contributed by atoms with E-state index in [1.165, 1.54) is 0 Å². The first-order chi connectivity index (χ1) is 12.0. The summed E-state index contributed by atoms with van der Waals surface area (Å²) in [5.41, 5.74) is 0.783. The monoisotopic (exact) mass is 352 g/mol. The number of hydrogen-bond donors (Lipinski definition) is 0. The van der Waals surface area contributed by atoms with Crippen LogP contribution in [-0.4, -0.2) is 15.2 Å². The van der Waals surface area contributed by atoms with E-state index < -0.39 is 21.5 Å². The average molecular weight is 352 g/mol. The van der Waals surface area contributed by atoms with Gasteiger partial charge in [-0.2, -0.15) is 0 Å². The molecular formula is C22H24O2S. The lowest BCUT2D eigenvalue weighted by atomic mass is 9.63. The predicted octanol–water partition coefficient (Wildman–Crippen LogP) is 4.65. The van der Waals surface area contributed by atoms with Crippen LogP contribution in [0.4, 0.5) is 0 Å². The molecule has 3 aliphatic carbocycles. The van der Waals surface area contributed by atoms with Gasteiger partial charge in [0.1, 0.15) is 0 Å². The van der Waals surface area contributed by atoms with E-state index in [1.54, 1.807) is 0 Å². The highest BCUT2D eigenvalue weighted by Crippen LogP contribution is 2.54. The summed E-state index contributed by atoms with van der Waals surface area (Å²) >= 11 is 0. The maximum atomic E-state index is 13.7. The van der Waals surface area contributed by atoms with Gasteiger partial charge in [0.2, 0.25) is 0 Å². The van der Waals surface area contributed by atoms with Crippen LogP contribution < -0.4 is 0 Å². The molecule has 2 atom stereocenters. The van der Waals surface area contributed by atoms with Gasteiger partial charge in [0.15, 0.2) is 5.78 Å². The highest BCUT2D eigenvalue weighted by molar-refractivity contribution is 7.86. The summed E-state index contributed by atoms with van der Waals surface area (Å²) in [5, 5.41) is -0.405. The van der Waals surface area contributed by atoms with Crippen molar-refractivity contribution in [2.45, 2.75) is 54.6 Å². The van der Waals surface area contributed by atoms with Crippen molar-refractivity contribution in [2.24, 2.45) is 5.41 Å². The molecule has 0 N–H and O–H groups in total. The Hall–Kier alpha value is -1.74. The number of rotatable bonds is 3. The summed E-state index contributed by atoms with van der Waals surface area (Å²) in [5.74, 6) is 0.196. The van der Waals surface area contributed by atoms with Crippen molar-refractivity contribution in [2.75, 3.05) is 0 Å². The Balaban J connectivity index is 1.78. The number of hydrogen-bond acceptors (Lipinski definition) is 2. The van der Waals surface area contributed by atoms with E-state index >= 15 is 0 Å². The summed E-state index contributed by atoms with van der Waals surface area (Å²) in [6, 6.07) is 19.7. The molecule has 3 heteroatoms. The Labute approximate surface area is 152 Å². The molecule has 0 aromatic heterocycles. The van der Waals surface area contributed by atoms with Gasteiger partial charge >= 0.3 is 0 Å². The van der Waals surface area contributed by atoms with E-state index in [9.17, 15) is 9.00 Å². The fraction of sp³-hybridized carbons (Fsp3) is 0.409. The standard InChI is InChI=1S/C22H24O2S/c1-21-12-14-22(15-13-21,17-8-4-2-5-9-17)20(23)19(16-21)25(24)18-10-6-3-7-11-18/h2-11,19H,12-16H2,1H3. The maximum absolute atomic E-state index is 13.7. The third-order valence-corrected chi connectivity index (χ3v) is 7.95. The molecule has 2 aromatic carbocycles. The van der Waals surface area contributed by atoms with Crippen molar-refractivity contribution >= 4 is 16.6 Å². The highest BCUT2D eigenvalue weighted by atomic mass is 32.2. The molecule has 0 heterocycles. The molecule has 3 aliphatic rings. The van der Waals surface area contributed by atoms with Crippen molar-refractivity contribution in [1.29, 1.82) is 0 Å². The van der Waals surface area contributed by atoms with Crippen molar-refractivity contribution in [3.63, 3.8) is 0 Å². The van der Waals surface area contributed by atoms with Crippen LogP contribution in [0.2, 0.25) is 0 Å². The van der Waals surface area contributed by atoms with Crippen molar-refractivity contribution in [1.82, 2.24) is 0 Å². The Kier molecular flexibility index (Phi) is 4.15. The maximum Gasteiger partial charge on any atom is 0.159 e. The van der Waals surface area contributed by atoms with Crippen LogP contribution >= 0.6 is 0 Å². The molecule has 5 rings (SSSR count). The lowest BCUT2D eigenvalue weighted by Gasteiger charge is -2.40. The zero-order valence-corrected chi connectivity index (χ0v) is 15.4. The minimum atomic E-state index is -1.29. The van der Waals surface area contributed by atoms with Crippen LogP contribution in [0.5, 0.6) is 0 Å². The van der Waals surface area contributed by atoms with Crippen LogP contribution in [0.3, 0.4) is 0 Å². The molecule has 25 heavy (non-hydrogen) atoms. The number of fused-ring (bicyclic) bond motifs is 4. The highest BCUT2D eigenvalue weighted by Gasteiger charge is 2.54. The van der Waals surface area contributed by atoms with E-state index in [-0.39, 0.29) is 11.2 Å². The fourth-order valence-corrected chi connectivity index (χ4v) is 6.39. The molecule has 130 valence electrons. The molecule has 3 fully saturated rings. The summed E-state index contributed by atoms with van der Waals surface area (Å²) in [6.07, 6.45) is 4.58. The third kappa shape index (κ3) is 2.79. The summed E-state index contributed by atoms with van der Waals surface area (Å²) in [4.78, 5) is 14.5. The van der Waals surface area contributed by atoms with Gasteiger partial charge in [0.25, 0.3) is 0 Å². The average Bonchev–Trinajstić information content (AvgIpc) is 2.85. The van der Waals surface area contributed by atoms with Gasteiger partial charge < -0.3 is 0 Å². The van der Waals surface area contributed by atoms with Gasteiger partial charge in [-0.25, -0.2) is 0 Å². The number of Topliss-reactive ketones (excluding diaryl/α,β-unsaturated/α-hetero) is 1. The van der Waals surface area contributed by atoms with Gasteiger partial charge in [0, 0.05) is 4.90 Å². The lowest BCUT2D eigenvalue weighted by Crippen LogP contribution is -2.42. The molecule has 0 spiro atoms. The molecule has 3 saturated carbocycles. The normalized spacial score (nSPS) is 33.0. The second kappa shape index (κ2) is 6.21. The first-order valence-corrected chi connectivity index (χ1v) is 10.3. The third-order valence-electron chi connectivity index (χ3n) is 6.31. The Bertz CT molecular complexity index is 789. The molecule has 0 saturated heterocycles. The Morgan fingerprint density at radius 1 is 0.880 bits per heavy atom. The fourth-order valence-electron chi connectivity index (χ4n) is 4.66. The van der Waals surface area contributed by atoms with Gasteiger partial charge in [0.05, 0.1) is 21.5 Å². The van der Waals surface area contributed by atoms with Gasteiger partial charge in [-0.15, -0.1) is 0 Å². The molecule has 2 nitrogen and oxygen atoms in total. The molecule has 0 radical (unpaired) electrons. The summed E-state index contributed by atoms with van der Waals surface area (Å²) in [7, 11) is -1.29. The zero-order chi connectivity index (χ0) is 17.5. The first kappa shape index (κ1) is 16.7. The minimum Gasteiger partial charge on any atom is -0.297 e. The topological polar surface area (TPSA) is 34.1 Å². The number of carbonyl (C=O) groups excluding carboxylic acids is 1. The minimum absolute atomic E-state index is 0.125. The van der Waals surface area contributed by atoms with Crippen LogP contribution in [0.15, 0.2) is 65.6 Å². The van der Waals surface area contributed by atoms with Crippen LogP contribution in [0.1, 0.15) is 44.6 Å². The number of ketones is 1. The molecule has 2 unspecified atom stereocenters. The largest absolute Gasteiger partial charge is 0.297 e. The smallest absolute Gasteiger partial charge is 0.159 e. The zero-order valence-electron chi connectivity index (χ0n) is 14.6. The van der Waals surface area contributed by atoms with Gasteiger partial charge in [-0.1, -0.05) is 55.5 Å². The van der Waals surface area contributed by atoms with E-state index in [2.05, 4.69) is 19.1 Å². The van der Waals surface area contributed by atoms with Crippen molar-refractivity contribution in [3.05, 3.63) is 66.2 Å². The number of carbonyl (C=O) groups is 1. The summed E-state index contributed by atoms with van der Waals surface area (Å²) in [6.45, 7) is 2.27. The molecule has 2 aromatic rings. The summed E-state index contributed by atoms with van der Waals surface area (Å²) < 4.78 is 13.3. The molecular weight excluding hydrogens is 328 g/mol. The van der Waals surface area contributed by atoms with Crippen LogP contribution in [0.25, 0.3) is 0 Å². The lowest BCUT2D eigenvalue weighted by molar-refractivity contribution is -0.124. The molecule has 2 bridgehead atoms. The Morgan fingerprint density at radius 2 is 1.44 bits per heavy atom. The van der Waals surface area contributed by atoms with E-state index in [0.717, 1.165) is 42.6 Å². The molecule has 0 aliphatic heterocycles. The van der Waals surface area contributed by atoms with E-state index in [4.69, 9.17) is 0 Å². The number of benzene rings is 2. The molecule has 0 amide bonds. The van der Waals surface area contributed by atoms with Gasteiger partial charge in [-0.05, 0) is 55.2 Å². The van der Waals surface area contributed by atoms with Crippen LogP contribution in [0, 0.1) is 5.41 Å².